The predicted molar refractivity (Wildman–Crippen MR) is 48.8 cm³/mol. The van der Waals surface area contributed by atoms with Crippen LogP contribution >= 0.6 is 0 Å². The van der Waals surface area contributed by atoms with Gasteiger partial charge in [0.05, 0.1) is 0 Å². The molecule has 78 valence electrons. The van der Waals surface area contributed by atoms with E-state index in [9.17, 15) is 18.7 Å². The van der Waals surface area contributed by atoms with Crippen molar-refractivity contribution in [2.24, 2.45) is 0 Å². The molecular formula is C10H6F2O3. The average molecular weight is 212 g/mol. The third-order valence-corrected chi connectivity index (χ3v) is 2.16. The second-order valence-electron chi connectivity index (χ2n) is 3.13. The number of aromatic hydroxyl groups is 1. The van der Waals surface area contributed by atoms with Gasteiger partial charge in [0, 0.05) is 17.0 Å². The van der Waals surface area contributed by atoms with E-state index in [4.69, 9.17) is 0 Å². The second-order valence-corrected chi connectivity index (χ2v) is 3.13. The van der Waals surface area contributed by atoms with E-state index in [0.717, 1.165) is 6.07 Å². The maximum Gasteiger partial charge on any atom is 0.379 e. The lowest BCUT2D eigenvalue weighted by molar-refractivity contribution is 0.419. The van der Waals surface area contributed by atoms with Crippen molar-refractivity contribution in [2.75, 3.05) is 0 Å². The Labute approximate surface area is 82.6 Å². The summed E-state index contributed by atoms with van der Waals surface area (Å²) in [5.41, 5.74) is -1.29. The number of benzene rings is 1. The van der Waals surface area contributed by atoms with Crippen molar-refractivity contribution in [1.29, 1.82) is 0 Å². The Kier molecular flexibility index (Phi) is 1.96. The van der Waals surface area contributed by atoms with Crippen molar-refractivity contribution < 1.29 is 18.3 Å². The van der Waals surface area contributed by atoms with Crippen LogP contribution in [0.2, 0.25) is 0 Å². The van der Waals surface area contributed by atoms with E-state index >= 15 is 0 Å². The summed E-state index contributed by atoms with van der Waals surface area (Å²) in [5, 5.41) is 9.28. The maximum atomic E-state index is 13.2. The second kappa shape index (κ2) is 3.05. The summed E-state index contributed by atoms with van der Waals surface area (Å²) in [5.74, 6) is -2.39. The van der Waals surface area contributed by atoms with Gasteiger partial charge in [0.25, 0.3) is 0 Å². The lowest BCUT2D eigenvalue weighted by atomic mass is 10.1. The lowest BCUT2D eigenvalue weighted by Gasteiger charge is -2.03. The molecule has 0 bridgehead atoms. The minimum absolute atomic E-state index is 0.0459. The normalized spacial score (nSPS) is 10.9. The van der Waals surface area contributed by atoms with Gasteiger partial charge in [0.15, 0.2) is 11.4 Å². The zero-order valence-electron chi connectivity index (χ0n) is 7.67. The molecule has 5 heteroatoms. The van der Waals surface area contributed by atoms with Gasteiger partial charge in [0.2, 0.25) is 5.75 Å². The molecule has 0 aliphatic carbocycles. The molecule has 0 saturated carbocycles. The first-order valence-corrected chi connectivity index (χ1v) is 4.12. The molecule has 0 aliphatic rings. The summed E-state index contributed by atoms with van der Waals surface area (Å²) in [6, 6.07) is 1.61. The fourth-order valence-corrected chi connectivity index (χ4v) is 1.36. The summed E-state index contributed by atoms with van der Waals surface area (Å²) < 4.78 is 30.6. The molecule has 1 N–H and O–H groups in total. The van der Waals surface area contributed by atoms with E-state index in [-0.39, 0.29) is 16.5 Å². The summed E-state index contributed by atoms with van der Waals surface area (Å²) in [4.78, 5) is 11.0. The zero-order valence-corrected chi connectivity index (χ0v) is 7.67. The van der Waals surface area contributed by atoms with E-state index in [1.54, 1.807) is 0 Å². The number of hydrogen-bond acceptors (Lipinski definition) is 3. The van der Waals surface area contributed by atoms with Crippen LogP contribution in [0.3, 0.4) is 0 Å². The molecule has 1 heterocycles. The fourth-order valence-electron chi connectivity index (χ4n) is 1.36. The van der Waals surface area contributed by atoms with Gasteiger partial charge in [-0.05, 0) is 13.0 Å². The highest BCUT2D eigenvalue weighted by molar-refractivity contribution is 5.82. The molecule has 15 heavy (non-hydrogen) atoms. The fraction of sp³-hybridized carbons (Fsp3) is 0.100. The first-order chi connectivity index (χ1) is 7.00. The van der Waals surface area contributed by atoms with Crippen LogP contribution in [0, 0.1) is 18.6 Å². The molecule has 0 amide bonds. The summed E-state index contributed by atoms with van der Waals surface area (Å²) in [6.07, 6.45) is 0. The molecular weight excluding hydrogens is 206 g/mol. The van der Waals surface area contributed by atoms with Crippen LogP contribution in [0.4, 0.5) is 8.78 Å². The Morgan fingerprint density at radius 2 is 2.00 bits per heavy atom. The van der Waals surface area contributed by atoms with Gasteiger partial charge < -0.3 is 9.52 Å². The first kappa shape index (κ1) is 9.64. The highest BCUT2D eigenvalue weighted by Gasteiger charge is 2.14. The molecule has 0 aliphatic heterocycles. The Balaban J connectivity index is 3.05. The van der Waals surface area contributed by atoms with Crippen LogP contribution < -0.4 is 5.63 Å². The highest BCUT2D eigenvalue weighted by Crippen LogP contribution is 2.25. The molecule has 2 rings (SSSR count). The Bertz CT molecular complexity index is 602. The average Bonchev–Trinajstić information content (AvgIpc) is 2.17. The molecule has 0 unspecified atom stereocenters. The van der Waals surface area contributed by atoms with E-state index in [2.05, 4.69) is 4.42 Å². The molecule has 1 aromatic carbocycles. The molecule has 0 fully saturated rings. The van der Waals surface area contributed by atoms with Gasteiger partial charge in [-0.15, -0.1) is 0 Å². The number of fused-ring (bicyclic) bond motifs is 1. The maximum absolute atomic E-state index is 13.2. The van der Waals surface area contributed by atoms with Crippen molar-refractivity contribution in [3.05, 3.63) is 39.8 Å². The number of halogens is 2. The highest BCUT2D eigenvalue weighted by atomic mass is 19.1. The van der Waals surface area contributed by atoms with Crippen LogP contribution in [0.15, 0.2) is 21.3 Å². The Morgan fingerprint density at radius 1 is 1.33 bits per heavy atom. The van der Waals surface area contributed by atoms with Crippen molar-refractivity contribution in [3.63, 3.8) is 0 Å². The van der Waals surface area contributed by atoms with Crippen molar-refractivity contribution >= 4 is 11.0 Å². The van der Waals surface area contributed by atoms with Crippen molar-refractivity contribution in [3.8, 4) is 5.75 Å². The number of hydrogen-bond donors (Lipinski definition) is 1. The molecule has 0 radical (unpaired) electrons. The summed E-state index contributed by atoms with van der Waals surface area (Å²) >= 11 is 0. The SMILES string of the molecule is Cc1c(O)c(=O)oc2c(F)cc(F)cc12. The Hall–Kier alpha value is -1.91. The minimum Gasteiger partial charge on any atom is -0.502 e. The standard InChI is InChI=1S/C10H6F2O3/c1-4-6-2-5(11)3-7(12)9(6)15-10(14)8(4)13/h2-3,13H,1H3. The van der Waals surface area contributed by atoms with Crippen LogP contribution in [0.25, 0.3) is 11.0 Å². The van der Waals surface area contributed by atoms with E-state index < -0.39 is 23.0 Å². The predicted octanol–water partition coefficient (Wildman–Crippen LogP) is 2.09. The third-order valence-electron chi connectivity index (χ3n) is 2.16. The molecule has 0 atom stereocenters. The van der Waals surface area contributed by atoms with Crippen molar-refractivity contribution in [1.82, 2.24) is 0 Å². The minimum atomic E-state index is -1.04. The molecule has 1 aromatic heterocycles. The van der Waals surface area contributed by atoms with Crippen LogP contribution in [-0.4, -0.2) is 5.11 Å². The molecule has 0 saturated heterocycles. The molecule has 0 spiro atoms. The van der Waals surface area contributed by atoms with Gasteiger partial charge in [-0.1, -0.05) is 0 Å². The van der Waals surface area contributed by atoms with E-state index in [1.807, 2.05) is 0 Å². The van der Waals surface area contributed by atoms with Gasteiger partial charge in [-0.25, -0.2) is 13.6 Å². The Morgan fingerprint density at radius 3 is 2.67 bits per heavy atom. The van der Waals surface area contributed by atoms with Crippen LogP contribution in [-0.2, 0) is 0 Å². The van der Waals surface area contributed by atoms with Crippen LogP contribution in [0.5, 0.6) is 5.75 Å². The quantitative estimate of drug-likeness (QED) is 0.680. The smallest absolute Gasteiger partial charge is 0.379 e. The van der Waals surface area contributed by atoms with Gasteiger partial charge >= 0.3 is 5.63 Å². The molecule has 3 nitrogen and oxygen atoms in total. The zero-order chi connectivity index (χ0) is 11.2. The topological polar surface area (TPSA) is 50.4 Å². The summed E-state index contributed by atoms with van der Waals surface area (Å²) in [6.45, 7) is 1.38. The summed E-state index contributed by atoms with van der Waals surface area (Å²) in [7, 11) is 0. The largest absolute Gasteiger partial charge is 0.502 e. The van der Waals surface area contributed by atoms with Gasteiger partial charge in [-0.2, -0.15) is 0 Å². The van der Waals surface area contributed by atoms with E-state index in [1.165, 1.54) is 6.92 Å². The molecule has 2 aromatic rings. The lowest BCUT2D eigenvalue weighted by Crippen LogP contribution is -2.01. The van der Waals surface area contributed by atoms with Gasteiger partial charge in [-0.3, -0.25) is 0 Å². The monoisotopic (exact) mass is 212 g/mol. The van der Waals surface area contributed by atoms with Crippen LogP contribution in [0.1, 0.15) is 5.56 Å². The third kappa shape index (κ3) is 1.36. The number of rotatable bonds is 0. The van der Waals surface area contributed by atoms with Gasteiger partial charge in [0.1, 0.15) is 5.82 Å². The van der Waals surface area contributed by atoms with Crippen molar-refractivity contribution in [2.45, 2.75) is 6.92 Å². The van der Waals surface area contributed by atoms with E-state index in [0.29, 0.717) is 6.07 Å². The number of aryl methyl sites for hydroxylation is 1. The first-order valence-electron chi connectivity index (χ1n) is 4.12.